The number of carbonyl (C=O) groups is 3. The maximum absolute atomic E-state index is 13.2. The molecule has 0 bridgehead atoms. The molecule has 3 heterocycles. The van der Waals surface area contributed by atoms with Gasteiger partial charge in [0.2, 0.25) is 11.8 Å². The number of nitrogens with zero attached hydrogens (tertiary/aromatic N) is 2. The second-order valence-electron chi connectivity index (χ2n) is 9.99. The molecule has 0 spiro atoms. The number of ketones is 1. The molecule has 0 radical (unpaired) electrons. The predicted octanol–water partition coefficient (Wildman–Crippen LogP) is 4.64. The summed E-state index contributed by atoms with van der Waals surface area (Å²) < 4.78 is 0. The number of rotatable bonds is 4. The van der Waals surface area contributed by atoms with Crippen molar-refractivity contribution in [2.24, 2.45) is 5.92 Å². The fraction of sp³-hybridized carbons (Fsp3) is 0.414. The van der Waals surface area contributed by atoms with Crippen LogP contribution in [0.3, 0.4) is 0 Å². The Kier molecular flexibility index (Phi) is 7.55. The minimum absolute atomic E-state index is 0.0265. The van der Waals surface area contributed by atoms with Gasteiger partial charge in [-0.15, -0.1) is 11.8 Å². The zero-order chi connectivity index (χ0) is 25.9. The molecule has 8 heteroatoms. The Bertz CT molecular complexity index is 1220. The number of fused-ring (bicyclic) bond motifs is 2. The van der Waals surface area contributed by atoms with Crippen molar-refractivity contribution in [3.8, 4) is 5.75 Å². The number of aliphatic hydroxyl groups excluding tert-OH is 1. The average molecular weight is 521 g/mol. The number of benzene rings is 1. The first-order valence-electron chi connectivity index (χ1n) is 13.1. The number of hydrogen-bond acceptors (Lipinski definition) is 6. The van der Waals surface area contributed by atoms with Crippen LogP contribution in [0.4, 0.5) is 0 Å². The number of aliphatic hydroxyl groups is 1. The fourth-order valence-corrected chi connectivity index (χ4v) is 6.63. The second-order valence-corrected chi connectivity index (χ2v) is 11.2. The van der Waals surface area contributed by atoms with E-state index in [-0.39, 0.29) is 34.4 Å². The van der Waals surface area contributed by atoms with E-state index in [0.29, 0.717) is 21.6 Å². The van der Waals surface area contributed by atoms with Gasteiger partial charge in [-0.2, -0.15) is 0 Å². The minimum Gasteiger partial charge on any atom is -0.508 e. The van der Waals surface area contributed by atoms with E-state index in [1.165, 1.54) is 36.1 Å². The van der Waals surface area contributed by atoms with E-state index >= 15 is 0 Å². The van der Waals surface area contributed by atoms with E-state index in [1.807, 2.05) is 15.9 Å². The molecule has 2 saturated heterocycles. The van der Waals surface area contributed by atoms with Crippen LogP contribution in [-0.4, -0.2) is 69.0 Å². The smallest absolute Gasteiger partial charge is 0.246 e. The number of carbonyl (C=O) groups excluding carboxylic acids is 3. The van der Waals surface area contributed by atoms with Crippen LogP contribution in [0.2, 0.25) is 0 Å². The van der Waals surface area contributed by atoms with Crippen LogP contribution in [0.15, 0.2) is 58.7 Å². The molecule has 1 aromatic carbocycles. The molecule has 5 rings (SSSR count). The standard InChI is InChI=1S/C29H32N2O5S/c32-23-17-21-25(15-19(23)7-9-27(34)30-11-3-1-4-12-30)37-26-16-20(24(33)18-22(26)29(21)36)8-10-28(35)31-13-5-2-6-14-31/h7-10,15-18,21,25,32-33H,1-6,11-14H2/b9-7+,10-8+. The number of Topliss-reactive ketones (excluding diaryl/α,β-unsaturated/α-hetero) is 1. The van der Waals surface area contributed by atoms with Crippen molar-refractivity contribution in [3.63, 3.8) is 0 Å². The lowest BCUT2D eigenvalue weighted by atomic mass is 9.87. The van der Waals surface area contributed by atoms with E-state index in [2.05, 4.69) is 0 Å². The molecular formula is C29H32N2O5S. The minimum atomic E-state index is -0.561. The lowest BCUT2D eigenvalue weighted by molar-refractivity contribution is -0.127. The first-order chi connectivity index (χ1) is 17.9. The Hall–Kier alpha value is -3.26. The van der Waals surface area contributed by atoms with Crippen molar-refractivity contribution in [1.82, 2.24) is 9.80 Å². The molecule has 0 aromatic heterocycles. The van der Waals surface area contributed by atoms with Crippen LogP contribution in [0.5, 0.6) is 5.75 Å². The zero-order valence-corrected chi connectivity index (χ0v) is 21.6. The van der Waals surface area contributed by atoms with E-state index < -0.39 is 5.92 Å². The molecule has 2 N–H and O–H groups in total. The first-order valence-corrected chi connectivity index (χ1v) is 13.9. The van der Waals surface area contributed by atoms with Crippen molar-refractivity contribution in [1.29, 1.82) is 0 Å². The molecular weight excluding hydrogens is 488 g/mol. The topological polar surface area (TPSA) is 98.2 Å². The highest BCUT2D eigenvalue weighted by Gasteiger charge is 2.37. The van der Waals surface area contributed by atoms with E-state index in [9.17, 15) is 24.6 Å². The second kappa shape index (κ2) is 11.0. The van der Waals surface area contributed by atoms with Crippen molar-refractivity contribution < 1.29 is 24.6 Å². The van der Waals surface area contributed by atoms with Gasteiger partial charge in [-0.3, -0.25) is 14.4 Å². The molecule has 0 saturated carbocycles. The third-order valence-electron chi connectivity index (χ3n) is 7.44. The molecule has 1 aromatic rings. The number of thioether (sulfide) groups is 1. The molecule has 2 unspecified atom stereocenters. The van der Waals surface area contributed by atoms with Crippen molar-refractivity contribution in [2.45, 2.75) is 48.7 Å². The molecule has 37 heavy (non-hydrogen) atoms. The van der Waals surface area contributed by atoms with Crippen molar-refractivity contribution in [3.05, 3.63) is 65.0 Å². The summed E-state index contributed by atoms with van der Waals surface area (Å²) >= 11 is 1.48. The van der Waals surface area contributed by atoms with Gasteiger partial charge < -0.3 is 20.0 Å². The van der Waals surface area contributed by atoms with E-state index in [4.69, 9.17) is 0 Å². The monoisotopic (exact) mass is 520 g/mol. The number of phenolic OH excluding ortho intramolecular Hbond substituents is 1. The van der Waals surface area contributed by atoms with E-state index in [1.54, 1.807) is 18.2 Å². The van der Waals surface area contributed by atoms with Gasteiger partial charge in [-0.1, -0.05) is 6.08 Å². The third kappa shape index (κ3) is 5.54. The summed E-state index contributed by atoms with van der Waals surface area (Å²) in [5, 5.41) is 20.9. The number of phenols is 1. The summed E-state index contributed by atoms with van der Waals surface area (Å²) in [6.45, 7) is 3.01. The van der Waals surface area contributed by atoms with Gasteiger partial charge in [0.15, 0.2) is 5.78 Å². The molecule has 2 fully saturated rings. The van der Waals surface area contributed by atoms with Crippen LogP contribution in [-0.2, 0) is 9.59 Å². The number of likely N-dealkylation sites (tertiary alicyclic amines) is 2. The fourth-order valence-electron chi connectivity index (χ4n) is 5.30. The third-order valence-corrected chi connectivity index (χ3v) is 8.73. The number of hydrogen-bond donors (Lipinski definition) is 2. The Labute approximate surface area is 221 Å². The molecule has 2 atom stereocenters. The maximum Gasteiger partial charge on any atom is 0.246 e. The number of aromatic hydroxyl groups is 1. The highest BCUT2D eigenvalue weighted by atomic mass is 32.2. The van der Waals surface area contributed by atoms with Crippen molar-refractivity contribution >= 4 is 35.4 Å². The summed E-state index contributed by atoms with van der Waals surface area (Å²) in [6, 6.07) is 3.19. The van der Waals surface area contributed by atoms with Crippen molar-refractivity contribution in [2.75, 3.05) is 26.2 Å². The number of allylic oxidation sites excluding steroid dienone is 2. The summed E-state index contributed by atoms with van der Waals surface area (Å²) in [5.41, 5.74) is 1.40. The zero-order valence-electron chi connectivity index (χ0n) is 20.8. The largest absolute Gasteiger partial charge is 0.508 e. The van der Waals surface area contributed by atoms with Crippen LogP contribution in [0.1, 0.15) is 54.4 Å². The van der Waals surface area contributed by atoms with Crippen LogP contribution in [0.25, 0.3) is 6.08 Å². The molecule has 4 aliphatic rings. The molecule has 1 aliphatic carbocycles. The number of amides is 2. The molecule has 3 aliphatic heterocycles. The van der Waals surface area contributed by atoms with Gasteiger partial charge in [0, 0.05) is 65.2 Å². The maximum atomic E-state index is 13.2. The van der Waals surface area contributed by atoms with Crippen LogP contribution < -0.4 is 0 Å². The van der Waals surface area contributed by atoms with E-state index in [0.717, 1.165) is 64.7 Å². The Morgan fingerprint density at radius 1 is 0.838 bits per heavy atom. The highest BCUT2D eigenvalue weighted by molar-refractivity contribution is 8.00. The Balaban J connectivity index is 1.34. The van der Waals surface area contributed by atoms with Gasteiger partial charge in [0.25, 0.3) is 0 Å². The first kappa shape index (κ1) is 25.4. The lowest BCUT2D eigenvalue weighted by Crippen LogP contribution is -2.34. The summed E-state index contributed by atoms with van der Waals surface area (Å²) in [6.07, 6.45) is 15.9. The molecule has 194 valence electrons. The van der Waals surface area contributed by atoms with Gasteiger partial charge in [0.1, 0.15) is 11.5 Å². The Morgan fingerprint density at radius 3 is 2.05 bits per heavy atom. The van der Waals surface area contributed by atoms with Gasteiger partial charge in [-0.05, 0) is 68.9 Å². The Morgan fingerprint density at radius 2 is 1.43 bits per heavy atom. The normalized spacial score (nSPS) is 24.1. The molecule has 7 nitrogen and oxygen atoms in total. The summed E-state index contributed by atoms with van der Waals surface area (Å²) in [7, 11) is 0. The quantitative estimate of drug-likeness (QED) is 0.562. The van der Waals surface area contributed by atoms with Gasteiger partial charge in [0.05, 0.1) is 5.92 Å². The predicted molar refractivity (Wildman–Crippen MR) is 143 cm³/mol. The summed E-state index contributed by atoms with van der Waals surface area (Å²) in [4.78, 5) is 42.6. The van der Waals surface area contributed by atoms with Gasteiger partial charge in [-0.25, -0.2) is 0 Å². The summed E-state index contributed by atoms with van der Waals surface area (Å²) in [5.74, 6) is -0.973. The highest BCUT2D eigenvalue weighted by Crippen LogP contribution is 2.45. The average Bonchev–Trinajstić information content (AvgIpc) is 2.92. The van der Waals surface area contributed by atoms with Gasteiger partial charge >= 0.3 is 0 Å². The molecule has 2 amide bonds. The van der Waals surface area contributed by atoms with Crippen LogP contribution >= 0.6 is 11.8 Å². The van der Waals surface area contributed by atoms with Crippen LogP contribution in [0, 0.1) is 5.92 Å². The SMILES string of the molecule is O=C1c2cc(O)c(/C=C/C(=O)N3CCCCC3)cc2SC2C=C(/C=C/C(=O)N3CCCCC3)C(O)=CC12. The number of piperidine rings is 2. The lowest BCUT2D eigenvalue weighted by Gasteiger charge is -2.31.